The van der Waals surface area contributed by atoms with Crippen molar-refractivity contribution in [3.8, 4) is 5.75 Å². The van der Waals surface area contributed by atoms with Gasteiger partial charge in [0.15, 0.2) is 5.82 Å². The Morgan fingerprint density at radius 3 is 2.64 bits per heavy atom. The molecule has 22 heavy (non-hydrogen) atoms. The van der Waals surface area contributed by atoms with E-state index in [2.05, 4.69) is 29.0 Å². The van der Waals surface area contributed by atoms with Gasteiger partial charge in [0.1, 0.15) is 10.9 Å². The van der Waals surface area contributed by atoms with Gasteiger partial charge in [-0.05, 0) is 36.3 Å². The average Bonchev–Trinajstić information content (AvgIpc) is 2.53. The molecule has 0 radical (unpaired) electrons. The molecule has 0 unspecified atom stereocenters. The summed E-state index contributed by atoms with van der Waals surface area (Å²) in [5, 5.41) is 1.26. The largest absolute Gasteiger partial charge is 0.497 e. The van der Waals surface area contributed by atoms with E-state index in [4.69, 9.17) is 16.3 Å². The summed E-state index contributed by atoms with van der Waals surface area (Å²) in [4.78, 5) is 8.86. The van der Waals surface area contributed by atoms with Crippen molar-refractivity contribution in [2.75, 3.05) is 7.11 Å². The lowest BCUT2D eigenvalue weighted by Gasteiger charge is -2.04. The van der Waals surface area contributed by atoms with Gasteiger partial charge in [0.2, 0.25) is 0 Å². The van der Waals surface area contributed by atoms with Gasteiger partial charge in [0.05, 0.1) is 12.6 Å². The van der Waals surface area contributed by atoms with Crippen LogP contribution in [-0.4, -0.2) is 17.1 Å². The number of aromatic nitrogens is 2. The van der Waals surface area contributed by atoms with Crippen LogP contribution < -0.4 is 4.74 Å². The summed E-state index contributed by atoms with van der Waals surface area (Å²) < 4.78 is 5.23. The molecule has 0 bridgehead atoms. The maximum atomic E-state index is 6.24. The van der Waals surface area contributed by atoms with Gasteiger partial charge in [-0.2, -0.15) is 0 Å². The van der Waals surface area contributed by atoms with Crippen LogP contribution in [0.25, 0.3) is 23.1 Å². The van der Waals surface area contributed by atoms with Gasteiger partial charge in [0.25, 0.3) is 0 Å². The molecule has 3 nitrogen and oxygen atoms in total. The van der Waals surface area contributed by atoms with Crippen molar-refractivity contribution in [2.45, 2.75) is 6.92 Å². The van der Waals surface area contributed by atoms with Crippen molar-refractivity contribution in [3.05, 3.63) is 64.6 Å². The molecule has 1 heterocycles. The number of hydrogen-bond acceptors (Lipinski definition) is 3. The number of halogens is 1. The van der Waals surface area contributed by atoms with Crippen molar-refractivity contribution in [1.29, 1.82) is 0 Å². The number of fused-ring (bicyclic) bond motifs is 1. The van der Waals surface area contributed by atoms with Crippen LogP contribution in [0.4, 0.5) is 0 Å². The molecule has 0 saturated carbocycles. The normalized spacial score (nSPS) is 11.2. The van der Waals surface area contributed by atoms with Gasteiger partial charge in [-0.3, -0.25) is 0 Å². The van der Waals surface area contributed by atoms with E-state index < -0.39 is 0 Å². The topological polar surface area (TPSA) is 35.0 Å². The molecule has 0 aliphatic carbocycles. The van der Waals surface area contributed by atoms with E-state index in [0.29, 0.717) is 11.0 Å². The minimum absolute atomic E-state index is 0.442. The lowest BCUT2D eigenvalue weighted by Crippen LogP contribution is -1.92. The fourth-order valence-corrected chi connectivity index (χ4v) is 2.47. The first-order valence-electron chi connectivity index (χ1n) is 6.92. The lowest BCUT2D eigenvalue weighted by molar-refractivity contribution is 0.415. The molecule has 1 aromatic heterocycles. The van der Waals surface area contributed by atoms with Crippen LogP contribution in [0, 0.1) is 6.92 Å². The third kappa shape index (κ3) is 2.95. The van der Waals surface area contributed by atoms with Gasteiger partial charge < -0.3 is 4.74 Å². The molecule has 0 aliphatic rings. The zero-order chi connectivity index (χ0) is 15.5. The minimum atomic E-state index is 0.442. The van der Waals surface area contributed by atoms with Crippen LogP contribution in [-0.2, 0) is 0 Å². The number of nitrogens with zero attached hydrogens (tertiary/aromatic N) is 2. The summed E-state index contributed by atoms with van der Waals surface area (Å²) in [6.07, 6.45) is 3.86. The van der Waals surface area contributed by atoms with Gasteiger partial charge in [-0.15, -0.1) is 0 Å². The number of ether oxygens (including phenoxy) is 1. The first-order chi connectivity index (χ1) is 10.7. The first-order valence-corrected chi connectivity index (χ1v) is 7.30. The van der Waals surface area contributed by atoms with Gasteiger partial charge in [-0.25, -0.2) is 9.97 Å². The molecule has 3 rings (SSSR count). The smallest absolute Gasteiger partial charge is 0.154 e. The maximum absolute atomic E-state index is 6.24. The van der Waals surface area contributed by atoms with Crippen molar-refractivity contribution in [3.63, 3.8) is 0 Å². The van der Waals surface area contributed by atoms with Crippen LogP contribution in [0.15, 0.2) is 42.5 Å². The predicted octanol–water partition coefficient (Wildman–Crippen LogP) is 4.77. The molecule has 0 saturated heterocycles. The molecule has 0 N–H and O–H groups in total. The molecule has 3 aromatic rings. The summed E-state index contributed by atoms with van der Waals surface area (Å²) in [6, 6.07) is 13.7. The van der Waals surface area contributed by atoms with Crippen molar-refractivity contribution < 1.29 is 4.74 Å². The zero-order valence-electron chi connectivity index (χ0n) is 12.4. The second-order valence-corrected chi connectivity index (χ2v) is 5.30. The summed E-state index contributed by atoms with van der Waals surface area (Å²) in [5.74, 6) is 1.32. The van der Waals surface area contributed by atoms with Crippen LogP contribution >= 0.6 is 11.6 Å². The van der Waals surface area contributed by atoms with E-state index >= 15 is 0 Å². The Balaban J connectivity index is 2.02. The lowest BCUT2D eigenvalue weighted by atomic mass is 10.1. The molecule has 2 aromatic carbocycles. The van der Waals surface area contributed by atoms with E-state index in [1.165, 1.54) is 5.56 Å². The van der Waals surface area contributed by atoms with Crippen LogP contribution in [0.2, 0.25) is 5.15 Å². The van der Waals surface area contributed by atoms with Crippen LogP contribution in [0.1, 0.15) is 17.0 Å². The Labute approximate surface area is 134 Å². The number of hydrogen-bond donors (Lipinski definition) is 0. The first kappa shape index (κ1) is 14.5. The Morgan fingerprint density at radius 1 is 1.05 bits per heavy atom. The van der Waals surface area contributed by atoms with Gasteiger partial charge >= 0.3 is 0 Å². The number of methoxy groups -OCH3 is 1. The molecule has 0 atom stereocenters. The molecule has 0 amide bonds. The Bertz CT molecular complexity index is 859. The van der Waals surface area contributed by atoms with E-state index in [1.54, 1.807) is 7.11 Å². The number of benzene rings is 2. The van der Waals surface area contributed by atoms with Gasteiger partial charge in [-0.1, -0.05) is 41.9 Å². The fourth-order valence-electron chi connectivity index (χ4n) is 2.23. The SMILES string of the molecule is COc1ccc2c(Cl)nc(/C=C/c3ccccc3C)nc2c1. The fraction of sp³-hybridized carbons (Fsp3) is 0.111. The highest BCUT2D eigenvalue weighted by atomic mass is 35.5. The number of rotatable bonds is 3. The second kappa shape index (κ2) is 6.16. The third-order valence-electron chi connectivity index (χ3n) is 3.48. The van der Waals surface area contributed by atoms with Crippen molar-refractivity contribution in [2.24, 2.45) is 0 Å². The Kier molecular flexibility index (Phi) is 4.07. The number of aryl methyl sites for hydroxylation is 1. The Morgan fingerprint density at radius 2 is 1.86 bits per heavy atom. The summed E-state index contributed by atoms with van der Waals surface area (Å²) in [5.41, 5.74) is 3.10. The third-order valence-corrected chi connectivity index (χ3v) is 3.76. The van der Waals surface area contributed by atoms with E-state index in [0.717, 1.165) is 22.2 Å². The average molecular weight is 311 g/mol. The molecule has 0 spiro atoms. The van der Waals surface area contributed by atoms with E-state index in [9.17, 15) is 0 Å². The summed E-state index contributed by atoms with van der Waals surface area (Å²) in [6.45, 7) is 2.07. The predicted molar refractivity (Wildman–Crippen MR) is 91.2 cm³/mol. The molecule has 0 fully saturated rings. The monoisotopic (exact) mass is 310 g/mol. The van der Waals surface area contributed by atoms with Gasteiger partial charge in [0, 0.05) is 11.5 Å². The quantitative estimate of drug-likeness (QED) is 0.654. The second-order valence-electron chi connectivity index (χ2n) is 4.95. The molecule has 0 aliphatic heterocycles. The zero-order valence-corrected chi connectivity index (χ0v) is 13.1. The Hall–Kier alpha value is -2.39. The summed E-state index contributed by atoms with van der Waals surface area (Å²) in [7, 11) is 1.63. The van der Waals surface area contributed by atoms with E-state index in [1.807, 2.05) is 42.5 Å². The standard InChI is InChI=1S/C18H15ClN2O/c1-12-5-3-4-6-13(12)7-10-17-20-16-11-14(22-2)8-9-15(16)18(19)21-17/h3-11H,1-2H3/b10-7+. The van der Waals surface area contributed by atoms with Crippen molar-refractivity contribution >= 4 is 34.7 Å². The highest BCUT2D eigenvalue weighted by Gasteiger charge is 2.05. The molecular weight excluding hydrogens is 296 g/mol. The van der Waals surface area contributed by atoms with E-state index in [-0.39, 0.29) is 0 Å². The highest BCUT2D eigenvalue weighted by Crippen LogP contribution is 2.25. The maximum Gasteiger partial charge on any atom is 0.154 e. The van der Waals surface area contributed by atoms with Crippen molar-refractivity contribution in [1.82, 2.24) is 9.97 Å². The van der Waals surface area contributed by atoms with Crippen LogP contribution in [0.5, 0.6) is 5.75 Å². The van der Waals surface area contributed by atoms with Crippen LogP contribution in [0.3, 0.4) is 0 Å². The molecular formula is C18H15ClN2O. The minimum Gasteiger partial charge on any atom is -0.497 e. The molecule has 110 valence electrons. The highest BCUT2D eigenvalue weighted by molar-refractivity contribution is 6.34. The molecule has 4 heteroatoms. The summed E-state index contributed by atoms with van der Waals surface area (Å²) >= 11 is 6.24.